The van der Waals surface area contributed by atoms with Crippen molar-refractivity contribution in [1.82, 2.24) is 10.2 Å². The second-order valence-electron chi connectivity index (χ2n) is 10.9. The van der Waals surface area contributed by atoms with Gasteiger partial charge in [0.05, 0.1) is 20.6 Å². The van der Waals surface area contributed by atoms with Gasteiger partial charge in [-0.05, 0) is 53.4 Å². The van der Waals surface area contributed by atoms with E-state index in [0.717, 1.165) is 9.87 Å². The number of hydrogen-bond donors (Lipinski definition) is 1. The third-order valence-electron chi connectivity index (χ3n) is 7.03. The first-order chi connectivity index (χ1) is 21.5. The van der Waals surface area contributed by atoms with Gasteiger partial charge in [-0.2, -0.15) is 0 Å². The summed E-state index contributed by atoms with van der Waals surface area (Å²) in [6.45, 7) is 3.49. The standard InChI is InChI=1S/C34H34Cl2FN3O4S/c1-24(2)21-38-34(42)31(20-25-10-5-3-6-11-25)39(22-26-16-18-27(37)19-17-26)32(41)23-40(30-15-9-14-29(35)33(30)36)45(43,44)28-12-7-4-8-13-28/h3-19,24,31H,20-23H2,1-2H3,(H,38,42)/t31-/m0/s1. The van der Waals surface area contributed by atoms with Gasteiger partial charge in [0, 0.05) is 19.5 Å². The van der Waals surface area contributed by atoms with Gasteiger partial charge in [-0.3, -0.25) is 13.9 Å². The summed E-state index contributed by atoms with van der Waals surface area (Å²) in [5.41, 5.74) is 1.36. The molecule has 0 aliphatic carbocycles. The highest BCUT2D eigenvalue weighted by Crippen LogP contribution is 2.35. The fourth-order valence-electron chi connectivity index (χ4n) is 4.68. The maximum atomic E-state index is 14.4. The van der Waals surface area contributed by atoms with Crippen molar-refractivity contribution in [2.45, 2.75) is 37.8 Å². The van der Waals surface area contributed by atoms with Crippen molar-refractivity contribution in [3.05, 3.63) is 130 Å². The minimum atomic E-state index is -4.33. The number of carbonyl (C=O) groups is 2. The molecule has 1 atom stereocenters. The third kappa shape index (κ3) is 8.84. The molecule has 4 rings (SSSR count). The van der Waals surface area contributed by atoms with Crippen LogP contribution in [0.25, 0.3) is 0 Å². The lowest BCUT2D eigenvalue weighted by Gasteiger charge is -2.34. The summed E-state index contributed by atoms with van der Waals surface area (Å²) >= 11 is 12.8. The van der Waals surface area contributed by atoms with Crippen LogP contribution in [0.3, 0.4) is 0 Å². The number of benzene rings is 4. The van der Waals surface area contributed by atoms with Crippen LogP contribution in [-0.2, 0) is 32.6 Å². The van der Waals surface area contributed by atoms with E-state index in [4.69, 9.17) is 23.2 Å². The van der Waals surface area contributed by atoms with Crippen LogP contribution in [0.4, 0.5) is 10.1 Å². The largest absolute Gasteiger partial charge is 0.354 e. The average Bonchev–Trinajstić information content (AvgIpc) is 3.03. The van der Waals surface area contributed by atoms with Crippen LogP contribution in [0.1, 0.15) is 25.0 Å². The molecule has 0 fully saturated rings. The van der Waals surface area contributed by atoms with Crippen LogP contribution in [0.5, 0.6) is 0 Å². The lowest BCUT2D eigenvalue weighted by atomic mass is 10.0. The van der Waals surface area contributed by atoms with E-state index >= 15 is 0 Å². The first-order valence-electron chi connectivity index (χ1n) is 14.3. The maximum absolute atomic E-state index is 14.4. The van der Waals surface area contributed by atoms with Crippen LogP contribution >= 0.6 is 23.2 Å². The van der Waals surface area contributed by atoms with E-state index in [1.165, 1.54) is 59.5 Å². The fraction of sp³-hybridized carbons (Fsp3) is 0.235. The third-order valence-corrected chi connectivity index (χ3v) is 9.61. The van der Waals surface area contributed by atoms with E-state index in [-0.39, 0.29) is 39.5 Å². The Bertz CT molecular complexity index is 1710. The number of nitrogens with one attached hydrogen (secondary N) is 1. The first-order valence-corrected chi connectivity index (χ1v) is 16.5. The minimum Gasteiger partial charge on any atom is -0.354 e. The molecular formula is C34H34Cl2FN3O4S. The Balaban J connectivity index is 1.82. The lowest BCUT2D eigenvalue weighted by Crippen LogP contribution is -2.53. The van der Waals surface area contributed by atoms with Crippen molar-refractivity contribution in [2.75, 3.05) is 17.4 Å². The molecule has 0 bridgehead atoms. The summed E-state index contributed by atoms with van der Waals surface area (Å²) in [6, 6.07) is 25.9. The fourth-order valence-corrected chi connectivity index (χ4v) is 6.58. The topological polar surface area (TPSA) is 86.8 Å². The number of amides is 2. The number of nitrogens with zero attached hydrogens (tertiary/aromatic N) is 2. The van der Waals surface area contributed by atoms with Crippen LogP contribution in [0.15, 0.2) is 108 Å². The highest BCUT2D eigenvalue weighted by molar-refractivity contribution is 7.92. The SMILES string of the molecule is CC(C)CNC(=O)[C@H](Cc1ccccc1)N(Cc1ccc(F)cc1)C(=O)CN(c1cccc(Cl)c1Cl)S(=O)(=O)c1ccccc1. The number of halogens is 3. The smallest absolute Gasteiger partial charge is 0.264 e. The number of carbonyl (C=O) groups excluding carboxylic acids is 2. The number of rotatable bonds is 13. The zero-order valence-corrected chi connectivity index (χ0v) is 27.2. The monoisotopic (exact) mass is 669 g/mol. The second-order valence-corrected chi connectivity index (χ2v) is 13.5. The molecule has 11 heteroatoms. The second kappa shape index (κ2) is 15.4. The Morgan fingerprint density at radius 3 is 2.07 bits per heavy atom. The predicted octanol–water partition coefficient (Wildman–Crippen LogP) is 6.74. The van der Waals surface area contributed by atoms with E-state index in [2.05, 4.69) is 5.32 Å². The van der Waals surface area contributed by atoms with Crippen LogP contribution < -0.4 is 9.62 Å². The van der Waals surface area contributed by atoms with Gasteiger partial charge in [0.2, 0.25) is 11.8 Å². The van der Waals surface area contributed by atoms with E-state index in [9.17, 15) is 22.4 Å². The highest BCUT2D eigenvalue weighted by Gasteiger charge is 2.35. The summed E-state index contributed by atoms with van der Waals surface area (Å²) in [4.78, 5) is 29.5. The molecule has 0 spiro atoms. The molecule has 2 amide bonds. The molecular weight excluding hydrogens is 636 g/mol. The molecule has 1 N–H and O–H groups in total. The molecule has 0 aliphatic rings. The number of hydrogen-bond acceptors (Lipinski definition) is 4. The van der Waals surface area contributed by atoms with Gasteiger partial charge < -0.3 is 10.2 Å². The van der Waals surface area contributed by atoms with Crippen molar-refractivity contribution in [3.63, 3.8) is 0 Å². The Morgan fingerprint density at radius 1 is 0.822 bits per heavy atom. The number of sulfonamides is 1. The summed E-state index contributed by atoms with van der Waals surface area (Å²) in [6.07, 6.45) is 0.154. The summed E-state index contributed by atoms with van der Waals surface area (Å²) < 4.78 is 42.8. The molecule has 0 aliphatic heterocycles. The van der Waals surface area contributed by atoms with Crippen molar-refractivity contribution in [1.29, 1.82) is 0 Å². The predicted molar refractivity (Wildman–Crippen MR) is 176 cm³/mol. The molecule has 4 aromatic rings. The van der Waals surface area contributed by atoms with E-state index in [1.54, 1.807) is 18.2 Å². The van der Waals surface area contributed by atoms with Crippen molar-refractivity contribution in [2.24, 2.45) is 5.92 Å². The van der Waals surface area contributed by atoms with Crippen LogP contribution in [-0.4, -0.2) is 44.3 Å². The van der Waals surface area contributed by atoms with Crippen molar-refractivity contribution >= 4 is 50.7 Å². The molecule has 0 radical (unpaired) electrons. The number of anilines is 1. The Morgan fingerprint density at radius 2 is 1.44 bits per heavy atom. The minimum absolute atomic E-state index is 0.00645. The molecule has 4 aromatic carbocycles. The molecule has 7 nitrogen and oxygen atoms in total. The molecule has 0 saturated heterocycles. The lowest BCUT2D eigenvalue weighted by molar-refractivity contribution is -0.140. The normalized spacial score (nSPS) is 12.0. The molecule has 45 heavy (non-hydrogen) atoms. The zero-order valence-electron chi connectivity index (χ0n) is 24.9. The van der Waals surface area contributed by atoms with Gasteiger partial charge in [0.15, 0.2) is 0 Å². The van der Waals surface area contributed by atoms with E-state index < -0.39 is 40.2 Å². The van der Waals surface area contributed by atoms with Gasteiger partial charge in [0.25, 0.3) is 10.0 Å². The van der Waals surface area contributed by atoms with Gasteiger partial charge in [0.1, 0.15) is 18.4 Å². The van der Waals surface area contributed by atoms with Gasteiger partial charge in [-0.15, -0.1) is 0 Å². The summed E-state index contributed by atoms with van der Waals surface area (Å²) in [7, 11) is -4.33. The van der Waals surface area contributed by atoms with E-state index in [0.29, 0.717) is 12.1 Å². The van der Waals surface area contributed by atoms with Crippen molar-refractivity contribution < 1.29 is 22.4 Å². The zero-order chi connectivity index (χ0) is 32.6. The highest BCUT2D eigenvalue weighted by atomic mass is 35.5. The maximum Gasteiger partial charge on any atom is 0.264 e. The summed E-state index contributed by atoms with van der Waals surface area (Å²) in [5.74, 6) is -1.39. The molecule has 0 heterocycles. The quantitative estimate of drug-likeness (QED) is 0.171. The molecule has 0 aromatic heterocycles. The molecule has 0 unspecified atom stereocenters. The van der Waals surface area contributed by atoms with Crippen LogP contribution in [0, 0.1) is 11.7 Å². The Kier molecular flexibility index (Phi) is 11.6. The van der Waals surface area contributed by atoms with Gasteiger partial charge in [-0.25, -0.2) is 12.8 Å². The van der Waals surface area contributed by atoms with Crippen LogP contribution in [0.2, 0.25) is 10.0 Å². The molecule has 236 valence electrons. The van der Waals surface area contributed by atoms with Gasteiger partial charge >= 0.3 is 0 Å². The van der Waals surface area contributed by atoms with Crippen molar-refractivity contribution in [3.8, 4) is 0 Å². The van der Waals surface area contributed by atoms with E-state index in [1.807, 2.05) is 44.2 Å². The summed E-state index contributed by atoms with van der Waals surface area (Å²) in [5, 5.41) is 2.98. The Labute approximate surface area is 273 Å². The molecule has 0 saturated carbocycles. The van der Waals surface area contributed by atoms with Gasteiger partial charge in [-0.1, -0.05) is 104 Å². The average molecular weight is 671 g/mol. The first kappa shape index (κ1) is 34.0. The Hall–Kier alpha value is -3.92.